The van der Waals surface area contributed by atoms with Crippen molar-refractivity contribution < 1.29 is 4.74 Å². The van der Waals surface area contributed by atoms with Crippen LogP contribution in [0.2, 0.25) is 0 Å². The minimum Gasteiger partial charge on any atom is -0.491 e. The number of ether oxygens (including phenoxy) is 1. The molecular weight excluding hydrogens is 440 g/mol. The molecule has 5 rings (SSSR count). The molecule has 0 atom stereocenters. The molecule has 1 aliphatic heterocycles. The number of anilines is 1. The smallest absolute Gasteiger partial charge is 0.195 e. The summed E-state index contributed by atoms with van der Waals surface area (Å²) in [4.78, 5) is 9.56. The molecule has 2 N–H and O–H groups in total. The summed E-state index contributed by atoms with van der Waals surface area (Å²) in [5.74, 6) is 1.75. The minimum atomic E-state index is 0.0989. The van der Waals surface area contributed by atoms with Crippen molar-refractivity contribution in [2.45, 2.75) is 65.4 Å². The molecular formula is C28H34N4OS. The van der Waals surface area contributed by atoms with Crippen molar-refractivity contribution in [3.63, 3.8) is 0 Å². The molecule has 6 heteroatoms. The van der Waals surface area contributed by atoms with Crippen LogP contribution in [0.5, 0.6) is 5.75 Å². The number of nitrogens with one attached hydrogen (secondary N) is 2. The third-order valence-electron chi connectivity index (χ3n) is 6.46. The molecule has 0 radical (unpaired) electrons. The lowest BCUT2D eigenvalue weighted by molar-refractivity contribution is 0.240. The van der Waals surface area contributed by atoms with Gasteiger partial charge in [0.2, 0.25) is 0 Å². The van der Waals surface area contributed by atoms with Crippen molar-refractivity contribution in [1.82, 2.24) is 10.3 Å². The summed E-state index contributed by atoms with van der Waals surface area (Å²) in [7, 11) is 0. The number of rotatable bonds is 6. The number of guanidine groups is 1. The van der Waals surface area contributed by atoms with Crippen LogP contribution in [0, 0.1) is 6.92 Å². The predicted molar refractivity (Wildman–Crippen MR) is 142 cm³/mol. The Balaban J connectivity index is 1.38. The van der Waals surface area contributed by atoms with Crippen LogP contribution in [-0.4, -0.2) is 30.1 Å². The summed E-state index contributed by atoms with van der Waals surface area (Å²) in [5.41, 5.74) is 8.70. The van der Waals surface area contributed by atoms with Crippen LogP contribution in [0.25, 0.3) is 11.3 Å². The Labute approximate surface area is 206 Å². The summed E-state index contributed by atoms with van der Waals surface area (Å²) in [6.45, 7) is 8.09. The third kappa shape index (κ3) is 5.27. The molecule has 2 aliphatic rings. The number of aryl methyl sites for hydroxylation is 3. The molecule has 1 aromatic heterocycles. The number of aromatic nitrogens is 1. The first-order chi connectivity index (χ1) is 16.5. The van der Waals surface area contributed by atoms with Gasteiger partial charge in [-0.25, -0.2) is 4.98 Å². The number of thiazole rings is 1. The van der Waals surface area contributed by atoms with Gasteiger partial charge in [-0.15, -0.1) is 11.3 Å². The zero-order chi connectivity index (χ0) is 23.5. The van der Waals surface area contributed by atoms with Crippen molar-refractivity contribution in [1.29, 1.82) is 0 Å². The lowest BCUT2D eigenvalue weighted by Gasteiger charge is -2.20. The first-order valence-electron chi connectivity index (χ1n) is 12.5. The fraction of sp³-hybridized carbons (Fsp3) is 0.429. The summed E-state index contributed by atoms with van der Waals surface area (Å²) in [6, 6.07) is 11.2. The van der Waals surface area contributed by atoms with E-state index in [-0.39, 0.29) is 6.10 Å². The SMILES string of the molecule is Cc1cc(Cc2nc(-c3ccc4c(c3)CCCC4)cs2)c(OC(C)C)cc1NC1=NCCCN1. The van der Waals surface area contributed by atoms with Gasteiger partial charge in [0.25, 0.3) is 0 Å². The van der Waals surface area contributed by atoms with E-state index in [9.17, 15) is 0 Å². The highest BCUT2D eigenvalue weighted by atomic mass is 32.1. The molecule has 178 valence electrons. The zero-order valence-corrected chi connectivity index (χ0v) is 21.2. The topological polar surface area (TPSA) is 58.5 Å². The molecule has 3 aromatic rings. The molecule has 34 heavy (non-hydrogen) atoms. The lowest BCUT2D eigenvalue weighted by atomic mass is 9.90. The van der Waals surface area contributed by atoms with Gasteiger partial charge in [0, 0.05) is 47.8 Å². The van der Waals surface area contributed by atoms with Crippen molar-refractivity contribution in [3.8, 4) is 17.0 Å². The Morgan fingerprint density at radius 2 is 1.94 bits per heavy atom. The number of nitrogens with zero attached hydrogens (tertiary/aromatic N) is 2. The standard InChI is InChI=1S/C28H34N4OS/c1-18(2)33-26-16-24(32-28-29-11-6-12-30-28)19(3)13-23(26)15-27-31-25(17-34-27)22-10-9-20-7-4-5-8-21(20)14-22/h9-10,13-14,16-18H,4-8,11-12,15H2,1-3H3,(H2,29,30,32). The molecule has 0 spiro atoms. The summed E-state index contributed by atoms with van der Waals surface area (Å²) < 4.78 is 6.23. The summed E-state index contributed by atoms with van der Waals surface area (Å²) in [5, 5.41) is 10.1. The van der Waals surface area contributed by atoms with Crippen LogP contribution >= 0.6 is 11.3 Å². The van der Waals surface area contributed by atoms with E-state index in [2.05, 4.69) is 72.1 Å². The fourth-order valence-corrected chi connectivity index (χ4v) is 5.53. The van der Waals surface area contributed by atoms with Gasteiger partial charge in [0.1, 0.15) is 5.75 Å². The van der Waals surface area contributed by atoms with Crippen LogP contribution in [0.1, 0.15) is 60.4 Å². The maximum atomic E-state index is 6.23. The predicted octanol–water partition coefficient (Wildman–Crippen LogP) is 6.14. The van der Waals surface area contributed by atoms with Crippen LogP contribution in [0.15, 0.2) is 40.7 Å². The Kier molecular flexibility index (Phi) is 6.86. The number of fused-ring (bicyclic) bond motifs is 1. The highest BCUT2D eigenvalue weighted by Crippen LogP contribution is 2.33. The van der Waals surface area contributed by atoms with Gasteiger partial charge < -0.3 is 15.4 Å². The van der Waals surface area contributed by atoms with Crippen molar-refractivity contribution in [2.75, 3.05) is 18.4 Å². The fourth-order valence-electron chi connectivity index (χ4n) is 4.71. The molecule has 0 amide bonds. The van der Waals surface area contributed by atoms with Crippen molar-refractivity contribution >= 4 is 23.0 Å². The first-order valence-corrected chi connectivity index (χ1v) is 13.4. The van der Waals surface area contributed by atoms with Gasteiger partial charge in [0.15, 0.2) is 5.96 Å². The molecule has 0 saturated heterocycles. The van der Waals surface area contributed by atoms with Gasteiger partial charge in [-0.05, 0) is 81.7 Å². The Bertz CT molecular complexity index is 1200. The van der Waals surface area contributed by atoms with E-state index >= 15 is 0 Å². The summed E-state index contributed by atoms with van der Waals surface area (Å²) in [6.07, 6.45) is 6.95. The second-order valence-electron chi connectivity index (χ2n) is 9.57. The first kappa shape index (κ1) is 22.9. The Morgan fingerprint density at radius 3 is 2.74 bits per heavy atom. The van der Waals surface area contributed by atoms with Gasteiger partial charge in [-0.2, -0.15) is 0 Å². The highest BCUT2D eigenvalue weighted by Gasteiger charge is 2.16. The average Bonchev–Trinajstić information content (AvgIpc) is 3.30. The Hall–Kier alpha value is -2.86. The van der Waals surface area contributed by atoms with Gasteiger partial charge in [0.05, 0.1) is 16.8 Å². The molecule has 1 aliphatic carbocycles. The zero-order valence-electron chi connectivity index (χ0n) is 20.4. The third-order valence-corrected chi connectivity index (χ3v) is 7.31. The van der Waals surface area contributed by atoms with Crippen molar-refractivity contribution in [2.24, 2.45) is 4.99 Å². The van der Waals surface area contributed by atoms with Gasteiger partial charge >= 0.3 is 0 Å². The monoisotopic (exact) mass is 474 g/mol. The highest BCUT2D eigenvalue weighted by molar-refractivity contribution is 7.10. The average molecular weight is 475 g/mol. The molecule has 0 bridgehead atoms. The largest absolute Gasteiger partial charge is 0.491 e. The minimum absolute atomic E-state index is 0.0989. The number of aliphatic imine (C=N–C) groups is 1. The van der Waals surface area contributed by atoms with Gasteiger partial charge in [-0.3, -0.25) is 4.99 Å². The van der Waals surface area contributed by atoms with E-state index in [1.165, 1.54) is 53.5 Å². The van der Waals surface area contributed by atoms with E-state index in [1.54, 1.807) is 11.3 Å². The molecule has 5 nitrogen and oxygen atoms in total. The number of hydrogen-bond donors (Lipinski definition) is 2. The normalized spacial score (nSPS) is 15.5. The molecule has 2 aromatic carbocycles. The van der Waals surface area contributed by atoms with E-state index in [4.69, 9.17) is 9.72 Å². The van der Waals surface area contributed by atoms with Crippen LogP contribution in [0.3, 0.4) is 0 Å². The maximum absolute atomic E-state index is 6.23. The lowest BCUT2D eigenvalue weighted by Crippen LogP contribution is -2.35. The maximum Gasteiger partial charge on any atom is 0.195 e. The number of benzene rings is 2. The van der Waals surface area contributed by atoms with Gasteiger partial charge in [-0.1, -0.05) is 12.1 Å². The molecule has 2 heterocycles. The molecule has 0 unspecified atom stereocenters. The van der Waals surface area contributed by atoms with Crippen LogP contribution in [0.4, 0.5) is 5.69 Å². The Morgan fingerprint density at radius 1 is 1.09 bits per heavy atom. The van der Waals surface area contributed by atoms with Crippen molar-refractivity contribution in [3.05, 3.63) is 63.0 Å². The molecule has 0 fully saturated rings. The van der Waals surface area contributed by atoms with Crippen LogP contribution in [-0.2, 0) is 19.3 Å². The second-order valence-corrected chi connectivity index (χ2v) is 10.5. The quantitative estimate of drug-likeness (QED) is 0.451. The molecule has 0 saturated carbocycles. The summed E-state index contributed by atoms with van der Waals surface area (Å²) >= 11 is 1.73. The van der Waals surface area contributed by atoms with E-state index < -0.39 is 0 Å². The number of hydrogen-bond acceptors (Lipinski definition) is 6. The van der Waals surface area contributed by atoms with E-state index in [0.717, 1.165) is 54.0 Å². The van der Waals surface area contributed by atoms with E-state index in [1.807, 2.05) is 0 Å². The van der Waals surface area contributed by atoms with Crippen LogP contribution < -0.4 is 15.4 Å². The van der Waals surface area contributed by atoms with E-state index in [0.29, 0.717) is 0 Å². The second kappa shape index (κ2) is 10.2.